The molecule has 70 valence electrons. The van der Waals surface area contributed by atoms with Gasteiger partial charge in [-0.15, -0.1) is 0 Å². The summed E-state index contributed by atoms with van der Waals surface area (Å²) < 4.78 is 25.3. The number of rotatable bonds is 1. The van der Waals surface area contributed by atoms with E-state index in [0.717, 1.165) is 6.07 Å². The minimum absolute atomic E-state index is 0.324. The molecule has 14 heavy (non-hydrogen) atoms. The molecule has 2 heterocycles. The van der Waals surface area contributed by atoms with Gasteiger partial charge in [-0.2, -0.15) is 4.39 Å². The molecule has 0 aliphatic heterocycles. The van der Waals surface area contributed by atoms with E-state index >= 15 is 0 Å². The molecule has 0 atom stereocenters. The van der Waals surface area contributed by atoms with Crippen LogP contribution in [0.1, 0.15) is 0 Å². The maximum Gasteiger partial charge on any atom is 0.249 e. The number of aromatic nitrogens is 2. The molecule has 2 aromatic heterocycles. The maximum absolute atomic E-state index is 12.8. The van der Waals surface area contributed by atoms with Crippen LogP contribution in [0, 0.1) is 11.8 Å². The van der Waals surface area contributed by atoms with E-state index in [9.17, 15) is 8.78 Å². The lowest BCUT2D eigenvalue weighted by atomic mass is 10.2. The van der Waals surface area contributed by atoms with Crippen molar-refractivity contribution >= 4 is 0 Å². The number of hydrogen-bond donors (Lipinski definition) is 0. The van der Waals surface area contributed by atoms with Crippen molar-refractivity contribution in [1.82, 2.24) is 9.97 Å². The smallest absolute Gasteiger partial charge is 0.249 e. The van der Waals surface area contributed by atoms with Gasteiger partial charge >= 0.3 is 0 Å². The fourth-order valence-electron chi connectivity index (χ4n) is 1.07. The molecule has 2 aromatic rings. The average molecular weight is 192 g/mol. The van der Waals surface area contributed by atoms with E-state index in [0.29, 0.717) is 11.4 Å². The Morgan fingerprint density at radius 2 is 1.79 bits per heavy atom. The highest BCUT2D eigenvalue weighted by atomic mass is 19.2. The Balaban J connectivity index is 2.48. The van der Waals surface area contributed by atoms with Crippen molar-refractivity contribution in [2.75, 3.05) is 0 Å². The van der Waals surface area contributed by atoms with Gasteiger partial charge in [0.2, 0.25) is 5.95 Å². The molecule has 0 amide bonds. The van der Waals surface area contributed by atoms with E-state index in [1.54, 1.807) is 24.4 Å². The van der Waals surface area contributed by atoms with Crippen LogP contribution in [0.3, 0.4) is 0 Å². The Morgan fingerprint density at radius 3 is 2.43 bits per heavy atom. The van der Waals surface area contributed by atoms with Gasteiger partial charge in [0.15, 0.2) is 5.82 Å². The SMILES string of the molecule is Fc1ccc(-c2ccccn2)nc1F. The summed E-state index contributed by atoms with van der Waals surface area (Å²) >= 11 is 0. The molecular weight excluding hydrogens is 186 g/mol. The van der Waals surface area contributed by atoms with Crippen LogP contribution in [-0.2, 0) is 0 Å². The Morgan fingerprint density at radius 1 is 0.929 bits per heavy atom. The Kier molecular flexibility index (Phi) is 2.18. The number of nitrogens with zero attached hydrogens (tertiary/aromatic N) is 2. The van der Waals surface area contributed by atoms with Crippen molar-refractivity contribution < 1.29 is 8.78 Å². The maximum atomic E-state index is 12.8. The quantitative estimate of drug-likeness (QED) is 0.648. The second-order valence-electron chi connectivity index (χ2n) is 2.68. The van der Waals surface area contributed by atoms with Crippen LogP contribution in [0.2, 0.25) is 0 Å². The minimum atomic E-state index is -1.10. The van der Waals surface area contributed by atoms with E-state index in [-0.39, 0.29) is 0 Å². The summed E-state index contributed by atoms with van der Waals surface area (Å²) in [5.41, 5.74) is 0.843. The van der Waals surface area contributed by atoms with Gasteiger partial charge in [-0.05, 0) is 24.3 Å². The summed E-state index contributed by atoms with van der Waals surface area (Å²) in [6, 6.07) is 7.60. The van der Waals surface area contributed by atoms with Gasteiger partial charge in [0.25, 0.3) is 0 Å². The highest BCUT2D eigenvalue weighted by Gasteiger charge is 2.05. The highest BCUT2D eigenvalue weighted by molar-refractivity contribution is 5.52. The molecule has 0 spiro atoms. The first kappa shape index (κ1) is 8.74. The summed E-state index contributed by atoms with van der Waals surface area (Å²) in [5, 5.41) is 0. The first-order chi connectivity index (χ1) is 6.77. The van der Waals surface area contributed by atoms with E-state index in [2.05, 4.69) is 9.97 Å². The summed E-state index contributed by atoms with van der Waals surface area (Å²) in [4.78, 5) is 7.41. The fraction of sp³-hybridized carbons (Fsp3) is 0. The molecule has 0 fully saturated rings. The molecule has 0 unspecified atom stereocenters. The molecule has 2 rings (SSSR count). The first-order valence-electron chi connectivity index (χ1n) is 4.01. The van der Waals surface area contributed by atoms with Gasteiger partial charge in [0, 0.05) is 6.20 Å². The van der Waals surface area contributed by atoms with Gasteiger partial charge in [-0.3, -0.25) is 4.98 Å². The van der Waals surface area contributed by atoms with Crippen molar-refractivity contribution in [2.45, 2.75) is 0 Å². The first-order valence-corrected chi connectivity index (χ1v) is 4.01. The van der Waals surface area contributed by atoms with Crippen molar-refractivity contribution in [2.24, 2.45) is 0 Å². The third kappa shape index (κ3) is 1.59. The zero-order valence-corrected chi connectivity index (χ0v) is 7.11. The van der Waals surface area contributed by atoms with Gasteiger partial charge in [-0.1, -0.05) is 6.07 Å². The van der Waals surface area contributed by atoms with E-state index < -0.39 is 11.8 Å². The van der Waals surface area contributed by atoms with Crippen LogP contribution in [0.5, 0.6) is 0 Å². The van der Waals surface area contributed by atoms with Gasteiger partial charge in [-0.25, -0.2) is 9.37 Å². The lowest BCUT2D eigenvalue weighted by Crippen LogP contribution is -1.93. The molecule has 0 N–H and O–H groups in total. The number of pyridine rings is 2. The third-order valence-electron chi connectivity index (χ3n) is 1.73. The van der Waals surface area contributed by atoms with Crippen LogP contribution < -0.4 is 0 Å². The predicted octanol–water partition coefficient (Wildman–Crippen LogP) is 2.42. The minimum Gasteiger partial charge on any atom is -0.255 e. The Hall–Kier alpha value is -1.84. The van der Waals surface area contributed by atoms with E-state index in [1.165, 1.54) is 6.07 Å². The van der Waals surface area contributed by atoms with Crippen molar-refractivity contribution in [3.63, 3.8) is 0 Å². The predicted molar refractivity (Wildman–Crippen MR) is 47.4 cm³/mol. The standard InChI is InChI=1S/C10H6F2N2/c11-7-4-5-9(14-10(7)12)8-3-1-2-6-13-8/h1-6H. The van der Waals surface area contributed by atoms with E-state index in [4.69, 9.17) is 0 Å². The van der Waals surface area contributed by atoms with Crippen LogP contribution in [0.25, 0.3) is 11.4 Å². The average Bonchev–Trinajstić information content (AvgIpc) is 2.23. The number of hydrogen-bond acceptors (Lipinski definition) is 2. The molecular formula is C10H6F2N2. The number of halogens is 2. The summed E-state index contributed by atoms with van der Waals surface area (Å²) in [5.74, 6) is -2.06. The van der Waals surface area contributed by atoms with E-state index in [1.807, 2.05) is 0 Å². The van der Waals surface area contributed by atoms with Crippen LogP contribution in [0.4, 0.5) is 8.78 Å². The fourth-order valence-corrected chi connectivity index (χ4v) is 1.07. The molecule has 0 aliphatic rings. The normalized spacial score (nSPS) is 10.1. The topological polar surface area (TPSA) is 25.8 Å². The summed E-state index contributed by atoms with van der Waals surface area (Å²) in [6.07, 6.45) is 1.57. The largest absolute Gasteiger partial charge is 0.255 e. The van der Waals surface area contributed by atoms with Crippen molar-refractivity contribution in [3.8, 4) is 11.4 Å². The molecule has 0 aromatic carbocycles. The molecule has 0 bridgehead atoms. The molecule has 0 radical (unpaired) electrons. The Bertz CT molecular complexity index is 443. The van der Waals surface area contributed by atoms with Crippen molar-refractivity contribution in [1.29, 1.82) is 0 Å². The zero-order chi connectivity index (χ0) is 9.97. The second kappa shape index (κ2) is 3.49. The molecule has 0 saturated carbocycles. The van der Waals surface area contributed by atoms with Gasteiger partial charge in [0.05, 0.1) is 11.4 Å². The lowest BCUT2D eigenvalue weighted by molar-refractivity contribution is 0.480. The second-order valence-corrected chi connectivity index (χ2v) is 2.68. The third-order valence-corrected chi connectivity index (χ3v) is 1.73. The Labute approximate surface area is 79.3 Å². The van der Waals surface area contributed by atoms with Crippen LogP contribution >= 0.6 is 0 Å². The van der Waals surface area contributed by atoms with Crippen molar-refractivity contribution in [3.05, 3.63) is 48.3 Å². The zero-order valence-electron chi connectivity index (χ0n) is 7.11. The summed E-state index contributed by atoms with van der Waals surface area (Å²) in [7, 11) is 0. The highest BCUT2D eigenvalue weighted by Crippen LogP contribution is 2.14. The van der Waals surface area contributed by atoms with Gasteiger partial charge < -0.3 is 0 Å². The molecule has 0 saturated heterocycles. The molecule has 4 heteroatoms. The molecule has 2 nitrogen and oxygen atoms in total. The lowest BCUT2D eigenvalue weighted by Gasteiger charge is -1.99. The van der Waals surface area contributed by atoms with Crippen LogP contribution in [-0.4, -0.2) is 9.97 Å². The summed E-state index contributed by atoms with van der Waals surface area (Å²) in [6.45, 7) is 0. The monoisotopic (exact) mass is 192 g/mol. The van der Waals surface area contributed by atoms with Gasteiger partial charge in [0.1, 0.15) is 0 Å². The molecule has 0 aliphatic carbocycles. The van der Waals surface area contributed by atoms with Crippen LogP contribution in [0.15, 0.2) is 36.5 Å².